The number of carbonyl (C=O) groups excluding carboxylic acids is 2. The maximum absolute atomic E-state index is 11.9. The van der Waals surface area contributed by atoms with Crippen molar-refractivity contribution in [2.75, 3.05) is 39.8 Å². The minimum atomic E-state index is 0.0359. The first-order valence-corrected chi connectivity index (χ1v) is 5.46. The summed E-state index contributed by atoms with van der Waals surface area (Å²) in [5.74, 6) is 0.0359. The molecule has 5 nitrogen and oxygen atoms in total. The van der Waals surface area contributed by atoms with Gasteiger partial charge < -0.3 is 14.7 Å². The third-order valence-corrected chi connectivity index (χ3v) is 3.10. The van der Waals surface area contributed by atoms with Crippen LogP contribution in [-0.2, 0) is 4.79 Å². The van der Waals surface area contributed by atoms with Crippen molar-refractivity contribution in [3.63, 3.8) is 0 Å². The molecule has 84 valence electrons. The van der Waals surface area contributed by atoms with Gasteiger partial charge in [-0.1, -0.05) is 0 Å². The molecule has 2 fully saturated rings. The molecule has 0 aromatic rings. The van der Waals surface area contributed by atoms with Crippen LogP contribution in [0.4, 0.5) is 4.79 Å². The van der Waals surface area contributed by atoms with Gasteiger partial charge in [0.15, 0.2) is 0 Å². The van der Waals surface area contributed by atoms with Crippen LogP contribution in [0.25, 0.3) is 0 Å². The molecular formula is C10H17N3O2. The summed E-state index contributed by atoms with van der Waals surface area (Å²) in [6.07, 6.45) is 2.18. The summed E-state index contributed by atoms with van der Waals surface area (Å²) in [7, 11) is 1.78. The van der Waals surface area contributed by atoms with E-state index in [0.717, 1.165) is 25.9 Å². The van der Waals surface area contributed by atoms with E-state index in [1.165, 1.54) is 0 Å². The third-order valence-electron chi connectivity index (χ3n) is 3.10. The van der Waals surface area contributed by atoms with Crippen LogP contribution < -0.4 is 0 Å². The van der Waals surface area contributed by atoms with E-state index in [9.17, 15) is 9.59 Å². The highest BCUT2D eigenvalue weighted by Crippen LogP contribution is 2.12. The first kappa shape index (κ1) is 10.3. The average molecular weight is 211 g/mol. The summed E-state index contributed by atoms with van der Waals surface area (Å²) >= 11 is 0. The van der Waals surface area contributed by atoms with Gasteiger partial charge in [0.1, 0.15) is 6.54 Å². The van der Waals surface area contributed by atoms with Gasteiger partial charge in [0.25, 0.3) is 0 Å². The van der Waals surface area contributed by atoms with Gasteiger partial charge in [-0.2, -0.15) is 0 Å². The lowest BCUT2D eigenvalue weighted by Gasteiger charge is -2.34. The highest BCUT2D eigenvalue weighted by Gasteiger charge is 2.29. The van der Waals surface area contributed by atoms with Crippen molar-refractivity contribution in [1.82, 2.24) is 14.7 Å². The molecule has 2 rings (SSSR count). The van der Waals surface area contributed by atoms with E-state index < -0.39 is 0 Å². The van der Waals surface area contributed by atoms with Crippen LogP contribution in [0.5, 0.6) is 0 Å². The summed E-state index contributed by atoms with van der Waals surface area (Å²) < 4.78 is 0. The van der Waals surface area contributed by atoms with Crippen LogP contribution in [0, 0.1) is 0 Å². The maximum Gasteiger partial charge on any atom is 0.320 e. The molecule has 0 aliphatic carbocycles. The van der Waals surface area contributed by atoms with E-state index in [1.807, 2.05) is 4.90 Å². The summed E-state index contributed by atoms with van der Waals surface area (Å²) in [5, 5.41) is 0. The van der Waals surface area contributed by atoms with Gasteiger partial charge in [-0.25, -0.2) is 4.79 Å². The molecule has 0 aromatic heterocycles. The predicted molar refractivity (Wildman–Crippen MR) is 55.4 cm³/mol. The van der Waals surface area contributed by atoms with Crippen molar-refractivity contribution in [1.29, 1.82) is 0 Å². The maximum atomic E-state index is 11.9. The van der Waals surface area contributed by atoms with Crippen molar-refractivity contribution in [2.24, 2.45) is 0 Å². The van der Waals surface area contributed by atoms with Gasteiger partial charge in [-0.05, 0) is 12.8 Å². The van der Waals surface area contributed by atoms with Crippen LogP contribution in [-0.4, -0.2) is 66.4 Å². The van der Waals surface area contributed by atoms with E-state index in [0.29, 0.717) is 13.1 Å². The highest BCUT2D eigenvalue weighted by molar-refractivity contribution is 5.85. The molecule has 2 heterocycles. The molecule has 0 N–H and O–H groups in total. The van der Waals surface area contributed by atoms with Crippen molar-refractivity contribution in [2.45, 2.75) is 12.8 Å². The molecule has 2 saturated heterocycles. The third kappa shape index (κ3) is 2.06. The summed E-state index contributed by atoms with van der Waals surface area (Å²) in [4.78, 5) is 28.6. The predicted octanol–water partition coefficient (Wildman–Crippen LogP) is -0.0238. The smallest absolute Gasteiger partial charge is 0.320 e. The van der Waals surface area contributed by atoms with Crippen LogP contribution in [0.3, 0.4) is 0 Å². The van der Waals surface area contributed by atoms with Gasteiger partial charge in [-0.3, -0.25) is 4.79 Å². The first-order valence-electron chi connectivity index (χ1n) is 5.46. The fourth-order valence-corrected chi connectivity index (χ4v) is 2.03. The molecule has 2 aliphatic heterocycles. The Morgan fingerprint density at radius 1 is 1.07 bits per heavy atom. The zero-order valence-corrected chi connectivity index (χ0v) is 9.11. The minimum Gasteiger partial charge on any atom is -0.342 e. The second-order valence-corrected chi connectivity index (χ2v) is 4.21. The summed E-state index contributed by atoms with van der Waals surface area (Å²) in [6, 6.07) is 0.0361. The monoisotopic (exact) mass is 211 g/mol. The van der Waals surface area contributed by atoms with E-state index in [-0.39, 0.29) is 18.5 Å². The second-order valence-electron chi connectivity index (χ2n) is 4.21. The van der Waals surface area contributed by atoms with E-state index in [2.05, 4.69) is 0 Å². The average Bonchev–Trinajstić information content (AvgIpc) is 2.74. The Labute approximate surface area is 89.6 Å². The van der Waals surface area contributed by atoms with Gasteiger partial charge in [0, 0.05) is 33.2 Å². The number of hydrogen-bond donors (Lipinski definition) is 0. The molecule has 5 heteroatoms. The topological polar surface area (TPSA) is 43.9 Å². The number of piperazine rings is 1. The molecule has 0 unspecified atom stereocenters. The number of carbonyl (C=O) groups is 2. The summed E-state index contributed by atoms with van der Waals surface area (Å²) in [6.45, 7) is 3.25. The number of urea groups is 1. The quantitative estimate of drug-likeness (QED) is 0.565. The van der Waals surface area contributed by atoms with Crippen molar-refractivity contribution >= 4 is 11.9 Å². The van der Waals surface area contributed by atoms with Crippen molar-refractivity contribution in [3.05, 3.63) is 0 Å². The molecule has 0 spiro atoms. The zero-order valence-electron chi connectivity index (χ0n) is 9.11. The zero-order chi connectivity index (χ0) is 10.8. The summed E-state index contributed by atoms with van der Waals surface area (Å²) in [5.41, 5.74) is 0. The van der Waals surface area contributed by atoms with Gasteiger partial charge in [0.2, 0.25) is 5.91 Å². The van der Waals surface area contributed by atoms with Crippen LogP contribution in [0.2, 0.25) is 0 Å². The second kappa shape index (κ2) is 4.08. The lowest BCUT2D eigenvalue weighted by Crippen LogP contribution is -2.53. The Balaban J connectivity index is 1.93. The van der Waals surface area contributed by atoms with E-state index in [4.69, 9.17) is 0 Å². The number of likely N-dealkylation sites (tertiary alicyclic amines) is 1. The van der Waals surface area contributed by atoms with Gasteiger partial charge >= 0.3 is 6.03 Å². The molecule has 0 bridgehead atoms. The number of hydrogen-bond acceptors (Lipinski definition) is 2. The molecular weight excluding hydrogens is 194 g/mol. The number of nitrogens with zero attached hydrogens (tertiary/aromatic N) is 3. The molecule has 2 aliphatic rings. The van der Waals surface area contributed by atoms with Crippen molar-refractivity contribution < 1.29 is 9.59 Å². The fourth-order valence-electron chi connectivity index (χ4n) is 2.03. The SMILES string of the molecule is CN1CCN(C(=O)N2CCCC2)CC1=O. The van der Waals surface area contributed by atoms with Crippen LogP contribution in [0.15, 0.2) is 0 Å². The fraction of sp³-hybridized carbons (Fsp3) is 0.800. The molecule has 0 atom stereocenters. The molecule has 15 heavy (non-hydrogen) atoms. The highest BCUT2D eigenvalue weighted by atomic mass is 16.2. The lowest BCUT2D eigenvalue weighted by atomic mass is 10.3. The Hall–Kier alpha value is -1.26. The number of amides is 3. The molecule has 3 amide bonds. The van der Waals surface area contributed by atoms with Gasteiger partial charge in [0.05, 0.1) is 0 Å². The van der Waals surface area contributed by atoms with Crippen molar-refractivity contribution in [3.8, 4) is 0 Å². The molecule has 0 saturated carbocycles. The lowest BCUT2D eigenvalue weighted by molar-refractivity contribution is -0.133. The molecule has 0 aromatic carbocycles. The van der Waals surface area contributed by atoms with E-state index >= 15 is 0 Å². The van der Waals surface area contributed by atoms with Crippen LogP contribution >= 0.6 is 0 Å². The number of rotatable bonds is 0. The Bertz CT molecular complexity index is 274. The van der Waals surface area contributed by atoms with E-state index in [1.54, 1.807) is 16.8 Å². The Kier molecular flexibility index (Phi) is 2.79. The largest absolute Gasteiger partial charge is 0.342 e. The first-order chi connectivity index (χ1) is 7.18. The molecule has 0 radical (unpaired) electrons. The number of likely N-dealkylation sites (N-methyl/N-ethyl adjacent to an activating group) is 1. The minimum absolute atomic E-state index is 0.0359. The Morgan fingerprint density at radius 2 is 1.73 bits per heavy atom. The normalized spacial score (nSPS) is 22.5. The standard InChI is InChI=1S/C10H17N3O2/c1-11-6-7-13(8-9(11)14)10(15)12-4-2-3-5-12/h2-8H2,1H3. The van der Waals surface area contributed by atoms with Gasteiger partial charge in [-0.15, -0.1) is 0 Å². The van der Waals surface area contributed by atoms with Crippen LogP contribution in [0.1, 0.15) is 12.8 Å². The Morgan fingerprint density at radius 3 is 2.33 bits per heavy atom.